The molecule has 0 spiro atoms. The molecular formula is C19H22N6O2S2. The van der Waals surface area contributed by atoms with Gasteiger partial charge in [-0.3, -0.25) is 9.59 Å². The summed E-state index contributed by atoms with van der Waals surface area (Å²) in [6.45, 7) is 5.73. The first-order chi connectivity index (χ1) is 13.8. The molecule has 2 heterocycles. The Kier molecular flexibility index (Phi) is 6.65. The van der Waals surface area contributed by atoms with Gasteiger partial charge in [0.15, 0.2) is 16.1 Å². The summed E-state index contributed by atoms with van der Waals surface area (Å²) in [5.74, 6) is 0.472. The number of nitrogens with zero attached hydrogens (tertiary/aromatic N) is 4. The van der Waals surface area contributed by atoms with Gasteiger partial charge in [0.05, 0.1) is 17.5 Å². The van der Waals surface area contributed by atoms with Gasteiger partial charge in [0, 0.05) is 17.5 Å². The summed E-state index contributed by atoms with van der Waals surface area (Å²) in [5.41, 5.74) is 1.50. The van der Waals surface area contributed by atoms with Crippen molar-refractivity contribution in [2.45, 2.75) is 32.0 Å². The second-order valence-electron chi connectivity index (χ2n) is 6.46. The Labute approximate surface area is 177 Å². The average molecular weight is 431 g/mol. The summed E-state index contributed by atoms with van der Waals surface area (Å²) in [5, 5.41) is 15.2. The fraction of sp³-hybridized carbons (Fsp3) is 0.316. The standard InChI is InChI=1S/C19H22N6O2S2/c1-11-13(3)29-18(21-11)22-15(26)10-28-19-24-23-16(25(19)4)12(2)20-17(27)14-8-6-5-7-9-14/h5-9,12H,10H2,1-4H3,(H,20,27)(H,21,22,26). The van der Waals surface area contributed by atoms with Crippen molar-refractivity contribution in [1.82, 2.24) is 25.1 Å². The van der Waals surface area contributed by atoms with Gasteiger partial charge in [-0.1, -0.05) is 30.0 Å². The van der Waals surface area contributed by atoms with Crippen LogP contribution in [0.2, 0.25) is 0 Å². The SMILES string of the molecule is Cc1nc(NC(=O)CSc2nnc(C(C)NC(=O)c3ccccc3)n2C)sc1C. The summed E-state index contributed by atoms with van der Waals surface area (Å²) in [6, 6.07) is 8.67. The van der Waals surface area contributed by atoms with Crippen molar-refractivity contribution >= 4 is 40.0 Å². The van der Waals surface area contributed by atoms with E-state index in [1.807, 2.05) is 46.0 Å². The number of hydrogen-bond donors (Lipinski definition) is 2. The van der Waals surface area contributed by atoms with Gasteiger partial charge in [-0.05, 0) is 32.9 Å². The molecule has 0 saturated carbocycles. The van der Waals surface area contributed by atoms with E-state index < -0.39 is 0 Å². The largest absolute Gasteiger partial charge is 0.342 e. The van der Waals surface area contributed by atoms with Crippen molar-refractivity contribution in [3.8, 4) is 0 Å². The van der Waals surface area contributed by atoms with Crippen molar-refractivity contribution in [2.75, 3.05) is 11.1 Å². The molecule has 0 aliphatic rings. The maximum absolute atomic E-state index is 12.3. The van der Waals surface area contributed by atoms with Crippen LogP contribution < -0.4 is 10.6 Å². The predicted molar refractivity (Wildman–Crippen MR) is 114 cm³/mol. The molecule has 2 amide bonds. The van der Waals surface area contributed by atoms with Gasteiger partial charge in [0.1, 0.15) is 0 Å². The van der Waals surface area contributed by atoms with Crippen molar-refractivity contribution in [1.29, 1.82) is 0 Å². The molecule has 152 valence electrons. The van der Waals surface area contributed by atoms with E-state index >= 15 is 0 Å². The number of nitrogens with one attached hydrogen (secondary N) is 2. The number of thioether (sulfide) groups is 1. The lowest BCUT2D eigenvalue weighted by Gasteiger charge is -2.13. The van der Waals surface area contributed by atoms with Gasteiger partial charge in [-0.15, -0.1) is 21.5 Å². The summed E-state index contributed by atoms with van der Waals surface area (Å²) in [6.07, 6.45) is 0. The van der Waals surface area contributed by atoms with Gasteiger partial charge in [0.2, 0.25) is 5.91 Å². The third-order valence-electron chi connectivity index (χ3n) is 4.25. The highest BCUT2D eigenvalue weighted by Crippen LogP contribution is 2.23. The topological polar surface area (TPSA) is 102 Å². The number of aromatic nitrogens is 4. The van der Waals surface area contributed by atoms with Gasteiger partial charge in [-0.25, -0.2) is 4.98 Å². The molecule has 0 saturated heterocycles. The van der Waals surface area contributed by atoms with Crippen molar-refractivity contribution in [3.05, 3.63) is 52.3 Å². The molecule has 1 aromatic carbocycles. The summed E-state index contributed by atoms with van der Waals surface area (Å²) < 4.78 is 1.78. The fourth-order valence-electron chi connectivity index (χ4n) is 2.57. The number of thiazole rings is 1. The molecule has 0 bridgehead atoms. The molecule has 3 rings (SSSR count). The van der Waals surface area contributed by atoms with E-state index in [2.05, 4.69) is 25.8 Å². The quantitative estimate of drug-likeness (QED) is 0.559. The van der Waals surface area contributed by atoms with E-state index in [1.54, 1.807) is 16.7 Å². The van der Waals surface area contributed by atoms with Crippen LogP contribution in [0.25, 0.3) is 0 Å². The van der Waals surface area contributed by atoms with Gasteiger partial charge < -0.3 is 15.2 Å². The van der Waals surface area contributed by atoms with E-state index in [0.717, 1.165) is 10.6 Å². The van der Waals surface area contributed by atoms with Gasteiger partial charge >= 0.3 is 0 Å². The molecule has 0 aliphatic carbocycles. The molecule has 29 heavy (non-hydrogen) atoms. The van der Waals surface area contributed by atoms with Crippen LogP contribution in [-0.4, -0.2) is 37.3 Å². The van der Waals surface area contributed by atoms with Crippen LogP contribution in [-0.2, 0) is 11.8 Å². The zero-order valence-corrected chi connectivity index (χ0v) is 18.2. The van der Waals surface area contributed by atoms with Crippen molar-refractivity contribution in [3.63, 3.8) is 0 Å². The molecule has 0 fully saturated rings. The third kappa shape index (κ3) is 5.21. The highest BCUT2D eigenvalue weighted by molar-refractivity contribution is 7.99. The highest BCUT2D eigenvalue weighted by atomic mass is 32.2. The summed E-state index contributed by atoms with van der Waals surface area (Å²) in [7, 11) is 1.81. The Balaban J connectivity index is 1.57. The lowest BCUT2D eigenvalue weighted by Crippen LogP contribution is -2.28. The molecule has 1 unspecified atom stereocenters. The lowest BCUT2D eigenvalue weighted by atomic mass is 10.2. The van der Waals surface area contributed by atoms with Crippen molar-refractivity contribution < 1.29 is 9.59 Å². The maximum atomic E-state index is 12.3. The third-order valence-corrected chi connectivity index (χ3v) is 6.26. The Bertz CT molecular complexity index is 996. The molecule has 2 aromatic heterocycles. The molecule has 2 N–H and O–H groups in total. The number of benzene rings is 1. The molecule has 0 radical (unpaired) electrons. The van der Waals surface area contributed by atoms with Crippen LogP contribution in [0.4, 0.5) is 5.13 Å². The molecular weight excluding hydrogens is 408 g/mol. The number of carbonyl (C=O) groups is 2. The van der Waals surface area contributed by atoms with Crippen molar-refractivity contribution in [2.24, 2.45) is 7.05 Å². The second kappa shape index (κ2) is 9.19. The Morgan fingerprint density at radius 3 is 2.59 bits per heavy atom. The number of amides is 2. The van der Waals surface area contributed by atoms with E-state index in [9.17, 15) is 9.59 Å². The lowest BCUT2D eigenvalue weighted by molar-refractivity contribution is -0.113. The first-order valence-electron chi connectivity index (χ1n) is 8.97. The highest BCUT2D eigenvalue weighted by Gasteiger charge is 2.19. The zero-order valence-electron chi connectivity index (χ0n) is 16.6. The molecule has 3 aromatic rings. The molecule has 1 atom stereocenters. The van der Waals surface area contributed by atoms with Gasteiger partial charge in [-0.2, -0.15) is 0 Å². The number of rotatable bonds is 7. The van der Waals surface area contributed by atoms with Gasteiger partial charge in [0.25, 0.3) is 5.91 Å². The molecule has 8 nitrogen and oxygen atoms in total. The van der Waals surface area contributed by atoms with E-state index in [1.165, 1.54) is 23.1 Å². The van der Waals surface area contributed by atoms with Crippen LogP contribution in [0.1, 0.15) is 39.7 Å². The van der Waals surface area contributed by atoms with Crippen LogP contribution in [0, 0.1) is 13.8 Å². The Hall–Kier alpha value is -2.72. The minimum Gasteiger partial charge on any atom is -0.342 e. The average Bonchev–Trinajstić information content (AvgIpc) is 3.22. The van der Waals surface area contributed by atoms with E-state index in [0.29, 0.717) is 21.7 Å². The fourth-order valence-corrected chi connectivity index (χ4v) is 4.12. The number of anilines is 1. The smallest absolute Gasteiger partial charge is 0.251 e. The first-order valence-corrected chi connectivity index (χ1v) is 10.8. The monoisotopic (exact) mass is 430 g/mol. The van der Waals surface area contributed by atoms with Crippen LogP contribution in [0.5, 0.6) is 0 Å². The summed E-state index contributed by atoms with van der Waals surface area (Å²) >= 11 is 2.73. The molecule has 10 heteroatoms. The minimum absolute atomic E-state index is 0.154. The van der Waals surface area contributed by atoms with E-state index in [4.69, 9.17) is 0 Å². The second-order valence-corrected chi connectivity index (χ2v) is 8.60. The number of carbonyl (C=O) groups excluding carboxylic acids is 2. The first kappa shape index (κ1) is 21.0. The Morgan fingerprint density at radius 2 is 1.93 bits per heavy atom. The summed E-state index contributed by atoms with van der Waals surface area (Å²) in [4.78, 5) is 29.9. The maximum Gasteiger partial charge on any atom is 0.251 e. The van der Waals surface area contributed by atoms with Crippen LogP contribution in [0.3, 0.4) is 0 Å². The number of hydrogen-bond acceptors (Lipinski definition) is 7. The predicted octanol–water partition coefficient (Wildman–Crippen LogP) is 3.11. The minimum atomic E-state index is -0.329. The Morgan fingerprint density at radius 1 is 1.21 bits per heavy atom. The van der Waals surface area contributed by atoms with E-state index in [-0.39, 0.29) is 23.6 Å². The normalized spacial score (nSPS) is 11.9. The number of aryl methyl sites for hydroxylation is 2. The van der Waals surface area contributed by atoms with Crippen LogP contribution in [0.15, 0.2) is 35.5 Å². The zero-order chi connectivity index (χ0) is 21.0. The molecule has 0 aliphatic heterocycles. The van der Waals surface area contributed by atoms with Crippen LogP contribution >= 0.6 is 23.1 Å².